The van der Waals surface area contributed by atoms with Crippen LogP contribution < -0.4 is 20.1 Å². The second-order valence-corrected chi connectivity index (χ2v) is 8.98. The number of ether oxygens (including phenoxy) is 2. The first-order valence-electron chi connectivity index (χ1n) is 11.6. The Morgan fingerprint density at radius 1 is 1.06 bits per heavy atom. The number of hydrogen-bond acceptors (Lipinski definition) is 6. The van der Waals surface area contributed by atoms with Crippen molar-refractivity contribution in [1.82, 2.24) is 20.4 Å². The Morgan fingerprint density at radius 3 is 2.18 bits per heavy atom. The van der Waals surface area contributed by atoms with Gasteiger partial charge in [-0.25, -0.2) is 0 Å². The minimum Gasteiger partial charge on any atom is -0.496 e. The number of hydrogen-bond donors (Lipinski definition) is 3. The number of aliphatic hydroxyl groups excluding tert-OH is 1. The second-order valence-electron chi connectivity index (χ2n) is 8.98. The molecular weight excluding hydrogens is 436 g/mol. The number of rotatable bonds is 12. The van der Waals surface area contributed by atoms with Crippen LogP contribution in [-0.2, 0) is 4.79 Å². The Kier molecular flexibility index (Phi) is 9.92. The van der Waals surface area contributed by atoms with E-state index in [0.717, 1.165) is 5.56 Å². The molecule has 0 aliphatic heterocycles. The Balaban J connectivity index is 2.46. The van der Waals surface area contributed by atoms with Gasteiger partial charge in [-0.2, -0.15) is 5.10 Å². The van der Waals surface area contributed by atoms with Gasteiger partial charge in [0.15, 0.2) is 5.69 Å². The predicted octanol–water partition coefficient (Wildman–Crippen LogP) is 3.04. The lowest BCUT2D eigenvalue weighted by molar-refractivity contribution is -0.121. The van der Waals surface area contributed by atoms with Gasteiger partial charge in [-0.3, -0.25) is 14.3 Å². The van der Waals surface area contributed by atoms with Crippen LogP contribution in [0, 0.1) is 11.8 Å². The van der Waals surface area contributed by atoms with E-state index in [1.54, 1.807) is 20.3 Å². The van der Waals surface area contributed by atoms with Crippen LogP contribution in [0.4, 0.5) is 0 Å². The van der Waals surface area contributed by atoms with Gasteiger partial charge in [0.2, 0.25) is 5.91 Å². The largest absolute Gasteiger partial charge is 0.496 e. The molecule has 1 aromatic heterocycles. The van der Waals surface area contributed by atoms with Crippen molar-refractivity contribution >= 4 is 11.8 Å². The number of carbonyl (C=O) groups is 2. The molecule has 2 amide bonds. The van der Waals surface area contributed by atoms with Crippen LogP contribution in [-0.4, -0.2) is 60.1 Å². The second kappa shape index (κ2) is 12.4. The smallest absolute Gasteiger partial charge is 0.272 e. The van der Waals surface area contributed by atoms with Gasteiger partial charge in [-0.1, -0.05) is 33.8 Å². The van der Waals surface area contributed by atoms with Crippen molar-refractivity contribution in [2.24, 2.45) is 11.8 Å². The lowest BCUT2D eigenvalue weighted by Gasteiger charge is -2.22. The van der Waals surface area contributed by atoms with Gasteiger partial charge in [0.25, 0.3) is 5.91 Å². The molecule has 0 radical (unpaired) electrons. The molecule has 0 fully saturated rings. The lowest BCUT2D eigenvalue weighted by atomic mass is 10.00. The van der Waals surface area contributed by atoms with Crippen LogP contribution in [0.25, 0.3) is 11.3 Å². The minimum absolute atomic E-state index is 0.00340. The number of aliphatic hydroxyl groups is 1. The van der Waals surface area contributed by atoms with Crippen LogP contribution in [0.3, 0.4) is 0 Å². The molecule has 0 spiro atoms. The summed E-state index contributed by atoms with van der Waals surface area (Å²) in [6.45, 7) is 10.2. The summed E-state index contributed by atoms with van der Waals surface area (Å²) < 4.78 is 13.0. The standard InChI is InChI=1S/C25H38N4O5/c1-15(2)17(5)29-20(24-21(33-6)9-8-10-22(24)34-7)13-19(28-29)25(32)27-18(16(3)4)14-23(31)26-11-12-30/h8-10,13,15-18,30H,11-12,14H2,1-7H3,(H,26,31)(H,27,32). The summed E-state index contributed by atoms with van der Waals surface area (Å²) in [7, 11) is 3.18. The van der Waals surface area contributed by atoms with Gasteiger partial charge >= 0.3 is 0 Å². The van der Waals surface area contributed by atoms with Gasteiger partial charge < -0.3 is 25.2 Å². The Hall–Kier alpha value is -3.07. The summed E-state index contributed by atoms with van der Waals surface area (Å²) >= 11 is 0. The summed E-state index contributed by atoms with van der Waals surface area (Å²) in [6, 6.07) is 6.87. The number of nitrogens with zero attached hydrogens (tertiary/aromatic N) is 2. The minimum atomic E-state index is -0.386. The highest BCUT2D eigenvalue weighted by atomic mass is 16.5. The van der Waals surface area contributed by atoms with Crippen LogP contribution in [0.2, 0.25) is 0 Å². The highest BCUT2D eigenvalue weighted by Crippen LogP contribution is 2.40. The molecule has 0 bridgehead atoms. The predicted molar refractivity (Wildman–Crippen MR) is 131 cm³/mol. The van der Waals surface area contributed by atoms with Crippen molar-refractivity contribution in [1.29, 1.82) is 0 Å². The monoisotopic (exact) mass is 474 g/mol. The molecule has 0 saturated heterocycles. The van der Waals surface area contributed by atoms with Gasteiger partial charge in [0, 0.05) is 19.0 Å². The molecular formula is C25H38N4O5. The number of aromatic nitrogens is 2. The third-order valence-corrected chi connectivity index (χ3v) is 5.96. The van der Waals surface area contributed by atoms with Crippen molar-refractivity contribution in [2.45, 2.75) is 53.1 Å². The maximum absolute atomic E-state index is 13.2. The Bertz CT molecular complexity index is 948. The molecule has 188 valence electrons. The third kappa shape index (κ3) is 6.50. The molecule has 0 saturated carbocycles. The van der Waals surface area contributed by atoms with Crippen LogP contribution in [0.1, 0.15) is 57.6 Å². The van der Waals surface area contributed by atoms with E-state index >= 15 is 0 Å². The molecule has 2 atom stereocenters. The van der Waals surface area contributed by atoms with Crippen molar-refractivity contribution in [3.05, 3.63) is 30.0 Å². The van der Waals surface area contributed by atoms with Gasteiger partial charge in [0.05, 0.1) is 38.1 Å². The topological polar surface area (TPSA) is 115 Å². The van der Waals surface area contributed by atoms with Gasteiger partial charge in [-0.05, 0) is 37.0 Å². The molecule has 0 aliphatic rings. The number of methoxy groups -OCH3 is 2. The number of amides is 2. The molecule has 2 unspecified atom stereocenters. The van der Waals surface area contributed by atoms with E-state index in [4.69, 9.17) is 14.6 Å². The molecule has 9 heteroatoms. The van der Waals surface area contributed by atoms with Crippen molar-refractivity contribution in [2.75, 3.05) is 27.4 Å². The Labute approximate surface area is 201 Å². The van der Waals surface area contributed by atoms with Gasteiger partial charge in [0.1, 0.15) is 11.5 Å². The van der Waals surface area contributed by atoms with E-state index in [1.807, 2.05) is 43.7 Å². The van der Waals surface area contributed by atoms with E-state index in [0.29, 0.717) is 17.2 Å². The summed E-state index contributed by atoms with van der Waals surface area (Å²) in [6.07, 6.45) is 0.111. The van der Waals surface area contributed by atoms with Crippen LogP contribution in [0.5, 0.6) is 11.5 Å². The maximum Gasteiger partial charge on any atom is 0.272 e. The first-order chi connectivity index (χ1) is 16.1. The number of benzene rings is 1. The van der Waals surface area contributed by atoms with Crippen LogP contribution >= 0.6 is 0 Å². The zero-order valence-electron chi connectivity index (χ0n) is 21.2. The van der Waals surface area contributed by atoms with Gasteiger partial charge in [-0.15, -0.1) is 0 Å². The quantitative estimate of drug-likeness (QED) is 0.436. The van der Waals surface area contributed by atoms with Crippen molar-refractivity contribution < 1.29 is 24.2 Å². The molecule has 9 nitrogen and oxygen atoms in total. The third-order valence-electron chi connectivity index (χ3n) is 5.96. The summed E-state index contributed by atoms with van der Waals surface area (Å²) in [4.78, 5) is 25.4. The molecule has 1 heterocycles. The van der Waals surface area contributed by atoms with E-state index in [2.05, 4.69) is 29.6 Å². The fourth-order valence-corrected chi connectivity index (χ4v) is 3.55. The number of carbonyl (C=O) groups excluding carboxylic acids is 2. The Morgan fingerprint density at radius 2 is 1.68 bits per heavy atom. The maximum atomic E-state index is 13.2. The fourth-order valence-electron chi connectivity index (χ4n) is 3.55. The molecule has 3 N–H and O–H groups in total. The van der Waals surface area contributed by atoms with Crippen molar-refractivity contribution in [3.63, 3.8) is 0 Å². The zero-order chi connectivity index (χ0) is 25.4. The summed E-state index contributed by atoms with van der Waals surface area (Å²) in [5.41, 5.74) is 1.68. The average Bonchev–Trinajstić information content (AvgIpc) is 3.25. The first-order valence-corrected chi connectivity index (χ1v) is 11.6. The normalized spacial score (nSPS) is 13.0. The molecule has 1 aromatic carbocycles. The van der Waals surface area contributed by atoms with E-state index in [1.165, 1.54) is 0 Å². The SMILES string of the molecule is COc1cccc(OC)c1-c1cc(C(=O)NC(CC(=O)NCCO)C(C)C)nn1C(C)C(C)C. The van der Waals surface area contributed by atoms with Crippen LogP contribution in [0.15, 0.2) is 24.3 Å². The molecule has 0 aliphatic carbocycles. The first kappa shape index (κ1) is 27.2. The van der Waals surface area contributed by atoms with E-state index in [-0.39, 0.29) is 61.0 Å². The fraction of sp³-hybridized carbons (Fsp3) is 0.560. The van der Waals surface area contributed by atoms with E-state index < -0.39 is 0 Å². The average molecular weight is 475 g/mol. The molecule has 2 aromatic rings. The summed E-state index contributed by atoms with van der Waals surface area (Å²) in [5.74, 6) is 0.918. The molecule has 2 rings (SSSR count). The summed E-state index contributed by atoms with van der Waals surface area (Å²) in [5, 5.41) is 19.2. The number of nitrogens with one attached hydrogen (secondary N) is 2. The highest BCUT2D eigenvalue weighted by Gasteiger charge is 2.27. The lowest BCUT2D eigenvalue weighted by Crippen LogP contribution is -2.42. The molecule has 34 heavy (non-hydrogen) atoms. The highest BCUT2D eigenvalue weighted by molar-refractivity contribution is 5.94. The van der Waals surface area contributed by atoms with E-state index in [9.17, 15) is 9.59 Å². The van der Waals surface area contributed by atoms with Crippen molar-refractivity contribution in [3.8, 4) is 22.8 Å². The zero-order valence-corrected chi connectivity index (χ0v) is 21.2.